The number of nitrogens with one attached hydrogen (secondary N) is 2. The van der Waals surface area contributed by atoms with Crippen molar-refractivity contribution in [1.82, 2.24) is 10.6 Å². The minimum atomic E-state index is -0.418. The summed E-state index contributed by atoms with van der Waals surface area (Å²) in [6.07, 6.45) is 0. The molecular formula is C15H18N2O. The third kappa shape index (κ3) is 1.81. The minimum Gasteiger partial charge on any atom is -0.358 e. The van der Waals surface area contributed by atoms with E-state index in [0.29, 0.717) is 0 Å². The molecule has 2 aromatic rings. The van der Waals surface area contributed by atoms with Gasteiger partial charge in [0.05, 0.1) is 0 Å². The van der Waals surface area contributed by atoms with Gasteiger partial charge >= 0.3 is 0 Å². The van der Waals surface area contributed by atoms with Crippen LogP contribution in [0.25, 0.3) is 10.8 Å². The quantitative estimate of drug-likeness (QED) is 0.843. The van der Waals surface area contributed by atoms with Crippen LogP contribution in [0, 0.1) is 0 Å². The Hall–Kier alpha value is -1.42. The summed E-state index contributed by atoms with van der Waals surface area (Å²) < 4.78 is 5.80. The molecule has 0 bridgehead atoms. The second kappa shape index (κ2) is 4.69. The molecule has 94 valence electrons. The summed E-state index contributed by atoms with van der Waals surface area (Å²) in [6, 6.07) is 14.8. The van der Waals surface area contributed by atoms with Gasteiger partial charge < -0.3 is 10.1 Å². The Morgan fingerprint density at radius 1 is 1.06 bits per heavy atom. The first-order valence-corrected chi connectivity index (χ1v) is 6.35. The molecule has 3 rings (SSSR count). The molecule has 0 spiro atoms. The van der Waals surface area contributed by atoms with Crippen LogP contribution in [-0.4, -0.2) is 26.7 Å². The number of benzene rings is 2. The fourth-order valence-electron chi connectivity index (χ4n) is 2.70. The van der Waals surface area contributed by atoms with Crippen LogP contribution in [0.4, 0.5) is 0 Å². The van der Waals surface area contributed by atoms with E-state index in [4.69, 9.17) is 4.74 Å². The molecule has 1 aliphatic rings. The zero-order valence-electron chi connectivity index (χ0n) is 10.6. The first-order valence-electron chi connectivity index (χ1n) is 6.35. The SMILES string of the molecule is COC1(c2cccc3ccccc23)CNCCN1. The molecule has 0 radical (unpaired) electrons. The number of fused-ring (bicyclic) bond motifs is 1. The van der Waals surface area contributed by atoms with Gasteiger partial charge in [-0.25, -0.2) is 0 Å². The second-order valence-electron chi connectivity index (χ2n) is 4.66. The number of ether oxygens (including phenoxy) is 1. The Morgan fingerprint density at radius 3 is 2.67 bits per heavy atom. The number of hydrogen-bond acceptors (Lipinski definition) is 3. The Kier molecular flexibility index (Phi) is 3.04. The van der Waals surface area contributed by atoms with E-state index in [2.05, 4.69) is 53.1 Å². The van der Waals surface area contributed by atoms with Crippen LogP contribution in [0.3, 0.4) is 0 Å². The number of rotatable bonds is 2. The van der Waals surface area contributed by atoms with Crippen LogP contribution in [0.2, 0.25) is 0 Å². The molecule has 1 saturated heterocycles. The Labute approximate surface area is 107 Å². The van der Waals surface area contributed by atoms with Crippen LogP contribution >= 0.6 is 0 Å². The maximum Gasteiger partial charge on any atom is 0.158 e. The topological polar surface area (TPSA) is 33.3 Å². The Balaban J connectivity index is 2.17. The maximum atomic E-state index is 5.80. The van der Waals surface area contributed by atoms with E-state index in [1.165, 1.54) is 16.3 Å². The van der Waals surface area contributed by atoms with Gasteiger partial charge in [0.1, 0.15) is 0 Å². The van der Waals surface area contributed by atoms with Crippen LogP contribution in [0.15, 0.2) is 42.5 Å². The fourth-order valence-corrected chi connectivity index (χ4v) is 2.70. The summed E-state index contributed by atoms with van der Waals surface area (Å²) in [6.45, 7) is 2.68. The van der Waals surface area contributed by atoms with Gasteiger partial charge in [-0.15, -0.1) is 0 Å². The standard InChI is InChI=1S/C15H18N2O/c1-18-15(11-16-9-10-17-15)14-8-4-6-12-5-2-3-7-13(12)14/h2-8,16-17H,9-11H2,1H3. The van der Waals surface area contributed by atoms with Gasteiger partial charge in [0.2, 0.25) is 0 Å². The normalized spacial score (nSPS) is 24.3. The van der Waals surface area contributed by atoms with E-state index in [1.807, 2.05) is 0 Å². The predicted octanol–water partition coefficient (Wildman–Crippen LogP) is 1.83. The number of hydrogen-bond donors (Lipinski definition) is 2. The highest BCUT2D eigenvalue weighted by molar-refractivity contribution is 5.86. The molecule has 1 atom stereocenters. The van der Waals surface area contributed by atoms with E-state index in [1.54, 1.807) is 7.11 Å². The summed E-state index contributed by atoms with van der Waals surface area (Å²) in [5.74, 6) is 0. The van der Waals surface area contributed by atoms with Gasteiger partial charge in [0.25, 0.3) is 0 Å². The van der Waals surface area contributed by atoms with Gasteiger partial charge in [-0.2, -0.15) is 0 Å². The monoisotopic (exact) mass is 242 g/mol. The third-order valence-electron chi connectivity index (χ3n) is 3.66. The molecule has 1 unspecified atom stereocenters. The van der Waals surface area contributed by atoms with Crippen molar-refractivity contribution in [3.63, 3.8) is 0 Å². The molecule has 0 amide bonds. The van der Waals surface area contributed by atoms with Crippen LogP contribution in [0.1, 0.15) is 5.56 Å². The first kappa shape index (κ1) is 11.7. The lowest BCUT2D eigenvalue weighted by Crippen LogP contribution is -2.58. The van der Waals surface area contributed by atoms with Crippen LogP contribution in [-0.2, 0) is 10.5 Å². The summed E-state index contributed by atoms with van der Waals surface area (Å²) in [5.41, 5.74) is 0.786. The zero-order valence-corrected chi connectivity index (χ0v) is 10.6. The second-order valence-corrected chi connectivity index (χ2v) is 4.66. The molecule has 0 saturated carbocycles. The number of piperazine rings is 1. The molecule has 2 aromatic carbocycles. The molecular weight excluding hydrogens is 224 g/mol. The third-order valence-corrected chi connectivity index (χ3v) is 3.66. The molecule has 3 heteroatoms. The van der Waals surface area contributed by atoms with Crippen molar-refractivity contribution in [3.05, 3.63) is 48.0 Å². The predicted molar refractivity (Wildman–Crippen MR) is 73.5 cm³/mol. The van der Waals surface area contributed by atoms with Crippen molar-refractivity contribution >= 4 is 10.8 Å². The smallest absolute Gasteiger partial charge is 0.158 e. The van der Waals surface area contributed by atoms with Crippen molar-refractivity contribution in [2.75, 3.05) is 26.7 Å². The highest BCUT2D eigenvalue weighted by Gasteiger charge is 2.34. The lowest BCUT2D eigenvalue weighted by atomic mass is 9.94. The highest BCUT2D eigenvalue weighted by Crippen LogP contribution is 2.30. The average molecular weight is 242 g/mol. The average Bonchev–Trinajstić information content (AvgIpc) is 2.47. The summed E-state index contributed by atoms with van der Waals surface area (Å²) in [5, 5.41) is 9.41. The van der Waals surface area contributed by atoms with E-state index < -0.39 is 5.72 Å². The summed E-state index contributed by atoms with van der Waals surface area (Å²) in [7, 11) is 1.77. The minimum absolute atomic E-state index is 0.418. The van der Waals surface area contributed by atoms with Gasteiger partial charge in [0, 0.05) is 32.3 Å². The lowest BCUT2D eigenvalue weighted by molar-refractivity contribution is -0.0524. The molecule has 0 aliphatic carbocycles. The largest absolute Gasteiger partial charge is 0.358 e. The fraction of sp³-hybridized carbons (Fsp3) is 0.333. The Bertz CT molecular complexity index is 542. The van der Waals surface area contributed by atoms with Crippen LogP contribution in [0.5, 0.6) is 0 Å². The summed E-state index contributed by atoms with van der Waals surface area (Å²) in [4.78, 5) is 0. The Morgan fingerprint density at radius 2 is 1.89 bits per heavy atom. The van der Waals surface area contributed by atoms with Gasteiger partial charge in [0.15, 0.2) is 5.72 Å². The molecule has 0 aromatic heterocycles. The molecule has 18 heavy (non-hydrogen) atoms. The highest BCUT2D eigenvalue weighted by atomic mass is 16.5. The van der Waals surface area contributed by atoms with Gasteiger partial charge in [-0.3, -0.25) is 5.32 Å². The van der Waals surface area contributed by atoms with Gasteiger partial charge in [-0.1, -0.05) is 42.5 Å². The van der Waals surface area contributed by atoms with Crippen molar-refractivity contribution in [2.24, 2.45) is 0 Å². The molecule has 1 heterocycles. The van der Waals surface area contributed by atoms with E-state index in [0.717, 1.165) is 19.6 Å². The van der Waals surface area contributed by atoms with Crippen molar-refractivity contribution in [2.45, 2.75) is 5.72 Å². The van der Waals surface area contributed by atoms with Gasteiger partial charge in [-0.05, 0) is 10.8 Å². The first-order chi connectivity index (χ1) is 8.86. The maximum absolute atomic E-state index is 5.80. The summed E-state index contributed by atoms with van der Waals surface area (Å²) >= 11 is 0. The molecule has 2 N–H and O–H groups in total. The lowest BCUT2D eigenvalue weighted by Gasteiger charge is -2.38. The van der Waals surface area contributed by atoms with E-state index in [9.17, 15) is 0 Å². The molecule has 3 nitrogen and oxygen atoms in total. The van der Waals surface area contributed by atoms with E-state index >= 15 is 0 Å². The number of methoxy groups -OCH3 is 1. The van der Waals surface area contributed by atoms with E-state index in [-0.39, 0.29) is 0 Å². The van der Waals surface area contributed by atoms with Crippen molar-refractivity contribution in [1.29, 1.82) is 0 Å². The van der Waals surface area contributed by atoms with Crippen molar-refractivity contribution in [3.8, 4) is 0 Å². The van der Waals surface area contributed by atoms with Crippen LogP contribution < -0.4 is 10.6 Å². The van der Waals surface area contributed by atoms with Crippen molar-refractivity contribution < 1.29 is 4.74 Å². The zero-order chi connectivity index (χ0) is 12.4. The molecule has 1 aliphatic heterocycles. The molecule has 1 fully saturated rings.